The van der Waals surface area contributed by atoms with E-state index in [2.05, 4.69) is 0 Å². The van der Waals surface area contributed by atoms with Gasteiger partial charge >= 0.3 is 5.97 Å². The van der Waals surface area contributed by atoms with Crippen molar-refractivity contribution in [3.8, 4) is 0 Å². The zero-order valence-electron chi connectivity index (χ0n) is 18.4. The largest absolute Gasteiger partial charge is 0.461 e. The molecule has 11 atom stereocenters. The molecule has 8 rings (SSSR count). The highest BCUT2D eigenvalue weighted by atomic mass is 16.8. The standard InChI is InChI=1S/C23H28O11/c1-20-9-22(29)13-7-23(20,32-18-16(27)15(26)14(25)12(8-24)31-18)21(13,19(33-20)34-22)10-30-17(28)11-5-3-2-4-6-11/h2-6,12-16,18-19,24-27,29H,7-10H2,1H3/t12-,13+,14-,15-,16-,18+,19?,20?,21?,22?,23?/m1/s1. The summed E-state index contributed by atoms with van der Waals surface area (Å²) in [4.78, 5) is 12.7. The van der Waals surface area contributed by atoms with Crippen LogP contribution in [0.5, 0.6) is 0 Å². The molecular formula is C23H28O11. The molecule has 5 N–H and O–H groups in total. The van der Waals surface area contributed by atoms with Crippen LogP contribution in [0.15, 0.2) is 30.3 Å². The fraction of sp³-hybridized carbons (Fsp3) is 0.696. The number of hydrogen-bond acceptors (Lipinski definition) is 11. The molecule has 7 aliphatic rings. The summed E-state index contributed by atoms with van der Waals surface area (Å²) in [6.07, 6.45) is -7.87. The van der Waals surface area contributed by atoms with E-state index in [1.165, 1.54) is 0 Å². The number of aliphatic hydroxyl groups is 5. The molecule has 3 saturated carbocycles. The van der Waals surface area contributed by atoms with E-state index in [0.717, 1.165) is 0 Å². The molecule has 0 aromatic heterocycles. The highest BCUT2D eigenvalue weighted by Crippen LogP contribution is 2.81. The average molecular weight is 480 g/mol. The van der Waals surface area contributed by atoms with Gasteiger partial charge in [-0.3, -0.25) is 0 Å². The van der Waals surface area contributed by atoms with Gasteiger partial charge in [-0.2, -0.15) is 0 Å². The Hall–Kier alpha value is -1.67. The molecule has 34 heavy (non-hydrogen) atoms. The number of esters is 1. The van der Waals surface area contributed by atoms with Crippen molar-refractivity contribution in [1.82, 2.24) is 0 Å². The minimum Gasteiger partial charge on any atom is -0.461 e. The maximum atomic E-state index is 12.7. The number of benzene rings is 1. The Morgan fingerprint density at radius 3 is 2.56 bits per heavy atom. The fourth-order valence-electron chi connectivity index (χ4n) is 6.87. The smallest absolute Gasteiger partial charge is 0.338 e. The highest BCUT2D eigenvalue weighted by molar-refractivity contribution is 5.89. The summed E-state index contributed by atoms with van der Waals surface area (Å²) in [5, 5.41) is 51.7. The topological polar surface area (TPSA) is 164 Å². The number of rotatable bonds is 6. The first kappa shape index (κ1) is 22.8. The van der Waals surface area contributed by atoms with Gasteiger partial charge in [-0.25, -0.2) is 4.79 Å². The van der Waals surface area contributed by atoms with Crippen LogP contribution in [0.2, 0.25) is 0 Å². The maximum Gasteiger partial charge on any atom is 0.338 e. The molecule has 0 radical (unpaired) electrons. The van der Waals surface area contributed by atoms with E-state index in [0.29, 0.717) is 5.56 Å². The summed E-state index contributed by atoms with van der Waals surface area (Å²) >= 11 is 0. The minimum absolute atomic E-state index is 0.0902. The fourth-order valence-corrected chi connectivity index (χ4v) is 6.87. The number of ether oxygens (including phenoxy) is 5. The van der Waals surface area contributed by atoms with E-state index in [1.807, 2.05) is 0 Å². The van der Waals surface area contributed by atoms with Gasteiger partial charge in [0.05, 0.1) is 17.6 Å². The Bertz CT molecular complexity index is 988. The summed E-state index contributed by atoms with van der Waals surface area (Å²) < 4.78 is 29.7. The van der Waals surface area contributed by atoms with Crippen LogP contribution in [-0.4, -0.2) is 98.7 Å². The molecule has 1 aromatic rings. The number of hydrogen-bond donors (Lipinski definition) is 5. The first-order chi connectivity index (χ1) is 16.1. The molecule has 0 amide bonds. The number of carbonyl (C=O) groups excluding carboxylic acids is 1. The van der Waals surface area contributed by atoms with Crippen LogP contribution in [0.3, 0.4) is 0 Å². The molecule has 4 saturated heterocycles. The Labute approximate surface area is 194 Å². The first-order valence-corrected chi connectivity index (χ1v) is 11.4. The van der Waals surface area contributed by atoms with Crippen molar-refractivity contribution >= 4 is 5.97 Å². The third kappa shape index (κ3) is 2.59. The highest BCUT2D eigenvalue weighted by Gasteiger charge is 2.94. The lowest BCUT2D eigenvalue weighted by atomic mass is 9.41. The van der Waals surface area contributed by atoms with Gasteiger partial charge in [0.2, 0.25) is 0 Å². The molecule has 186 valence electrons. The van der Waals surface area contributed by atoms with E-state index >= 15 is 0 Å². The lowest BCUT2D eigenvalue weighted by Gasteiger charge is -2.67. The summed E-state index contributed by atoms with van der Waals surface area (Å²) in [5.74, 6) is -2.49. The molecular weight excluding hydrogens is 452 g/mol. The van der Waals surface area contributed by atoms with Gasteiger partial charge in [0.1, 0.15) is 42.2 Å². The Balaban J connectivity index is 1.32. The molecule has 4 aliphatic heterocycles. The van der Waals surface area contributed by atoms with Crippen LogP contribution in [-0.2, 0) is 23.7 Å². The van der Waals surface area contributed by atoms with E-state index in [-0.39, 0.29) is 19.4 Å². The lowest BCUT2D eigenvalue weighted by molar-refractivity contribution is -0.424. The van der Waals surface area contributed by atoms with Gasteiger partial charge in [-0.05, 0) is 25.5 Å². The lowest BCUT2D eigenvalue weighted by Crippen LogP contribution is -2.80. The van der Waals surface area contributed by atoms with Gasteiger partial charge in [0.25, 0.3) is 0 Å². The Kier molecular flexibility index (Phi) is 4.81. The molecule has 5 unspecified atom stereocenters. The van der Waals surface area contributed by atoms with Crippen LogP contribution in [0, 0.1) is 11.3 Å². The van der Waals surface area contributed by atoms with Gasteiger partial charge in [0.15, 0.2) is 18.4 Å². The summed E-state index contributed by atoms with van der Waals surface area (Å²) in [6, 6.07) is 8.47. The molecule has 11 nitrogen and oxygen atoms in total. The molecule has 7 fully saturated rings. The second-order valence-corrected chi connectivity index (χ2v) is 10.2. The van der Waals surface area contributed by atoms with E-state index < -0.39 is 77.9 Å². The summed E-state index contributed by atoms with van der Waals surface area (Å²) in [5.41, 5.74) is -2.99. The average Bonchev–Trinajstić information content (AvgIpc) is 3.00. The van der Waals surface area contributed by atoms with Crippen LogP contribution < -0.4 is 0 Å². The molecule has 3 aliphatic carbocycles. The van der Waals surface area contributed by atoms with Crippen LogP contribution in [0.4, 0.5) is 0 Å². The quantitative estimate of drug-likeness (QED) is 0.306. The van der Waals surface area contributed by atoms with Crippen molar-refractivity contribution in [2.45, 2.75) is 73.8 Å². The first-order valence-electron chi connectivity index (χ1n) is 11.4. The van der Waals surface area contributed by atoms with Crippen molar-refractivity contribution in [1.29, 1.82) is 0 Å². The van der Waals surface area contributed by atoms with Crippen molar-refractivity contribution in [3.63, 3.8) is 0 Å². The van der Waals surface area contributed by atoms with Gasteiger partial charge < -0.3 is 49.2 Å². The molecule has 11 heteroatoms. The second-order valence-electron chi connectivity index (χ2n) is 10.2. The van der Waals surface area contributed by atoms with E-state index in [4.69, 9.17) is 23.7 Å². The molecule has 4 heterocycles. The van der Waals surface area contributed by atoms with Crippen molar-refractivity contribution in [3.05, 3.63) is 35.9 Å². The van der Waals surface area contributed by atoms with Gasteiger partial charge in [0, 0.05) is 12.3 Å². The zero-order valence-corrected chi connectivity index (χ0v) is 18.4. The molecule has 6 bridgehead atoms. The minimum atomic E-state index is -1.61. The SMILES string of the molecule is CC12CC3(O)OC(O1)C1(COC(=O)c4ccccc4)[C@@H]3CC21O[C@@H]1O[C@H](CO)[C@@H](O)[C@@H](O)[C@H]1O. The monoisotopic (exact) mass is 480 g/mol. The number of aliphatic hydroxyl groups excluding tert-OH is 4. The molecule has 0 spiro atoms. The van der Waals surface area contributed by atoms with Crippen LogP contribution >= 0.6 is 0 Å². The second kappa shape index (κ2) is 7.19. The van der Waals surface area contributed by atoms with Crippen molar-refractivity contribution < 1.29 is 54.0 Å². The van der Waals surface area contributed by atoms with Crippen molar-refractivity contribution in [2.75, 3.05) is 13.2 Å². The van der Waals surface area contributed by atoms with E-state index in [9.17, 15) is 30.3 Å². The van der Waals surface area contributed by atoms with Gasteiger partial charge in [-0.1, -0.05) is 18.2 Å². The predicted octanol–water partition coefficient (Wildman–Crippen LogP) is -1.36. The van der Waals surface area contributed by atoms with Crippen LogP contribution in [0.25, 0.3) is 0 Å². The third-order valence-corrected chi connectivity index (χ3v) is 8.57. The zero-order chi connectivity index (χ0) is 24.1. The van der Waals surface area contributed by atoms with Crippen molar-refractivity contribution in [2.24, 2.45) is 11.3 Å². The van der Waals surface area contributed by atoms with Gasteiger partial charge in [-0.15, -0.1) is 0 Å². The summed E-state index contributed by atoms with van der Waals surface area (Å²) in [6.45, 7) is 0.985. The third-order valence-electron chi connectivity index (χ3n) is 8.57. The maximum absolute atomic E-state index is 12.7. The Morgan fingerprint density at radius 1 is 1.12 bits per heavy atom. The predicted molar refractivity (Wildman–Crippen MR) is 109 cm³/mol. The Morgan fingerprint density at radius 2 is 1.85 bits per heavy atom. The van der Waals surface area contributed by atoms with Crippen LogP contribution in [0.1, 0.15) is 30.1 Å². The summed E-state index contributed by atoms with van der Waals surface area (Å²) in [7, 11) is 0. The normalized spacial score (nSPS) is 52.5. The van der Waals surface area contributed by atoms with E-state index in [1.54, 1.807) is 37.3 Å². The number of carbonyl (C=O) groups is 1. The molecule has 1 aromatic carbocycles.